The molecule has 0 spiro atoms. The van der Waals surface area contributed by atoms with Crippen LogP contribution in [-0.4, -0.2) is 0 Å². The molecular weight excluding hydrogens is 689 g/mol. The van der Waals surface area contributed by atoms with E-state index in [-0.39, 0.29) is 0 Å². The van der Waals surface area contributed by atoms with Crippen molar-refractivity contribution in [3.8, 4) is 0 Å². The van der Waals surface area contributed by atoms with E-state index in [1.54, 1.807) is 0 Å². The highest BCUT2D eigenvalue weighted by atomic mass is 14.5. The SMILES string of the molecule is CCCCCCCCCCCCC(c1ccc(N)cc1)c1ccc(CC(CC)Cc2ccc(C(CCCCCCCCCCCC)c3ccc(N)cc3)cc2)cc1. The summed E-state index contributed by atoms with van der Waals surface area (Å²) in [4.78, 5) is 0. The summed E-state index contributed by atoms with van der Waals surface area (Å²) in [5.74, 6) is 1.48. The molecule has 0 aliphatic rings. The van der Waals surface area contributed by atoms with E-state index in [4.69, 9.17) is 11.5 Å². The smallest absolute Gasteiger partial charge is 0.0314 e. The Labute approximate surface area is 351 Å². The van der Waals surface area contributed by atoms with Crippen molar-refractivity contribution < 1.29 is 0 Å². The molecule has 2 unspecified atom stereocenters. The van der Waals surface area contributed by atoms with Gasteiger partial charge in [-0.1, -0.05) is 228 Å². The minimum absolute atomic E-state index is 0.427. The van der Waals surface area contributed by atoms with Crippen LogP contribution >= 0.6 is 0 Å². The molecule has 4 N–H and O–H groups in total. The third kappa shape index (κ3) is 17.9. The van der Waals surface area contributed by atoms with Crippen LogP contribution in [0.15, 0.2) is 97.1 Å². The molecule has 0 aliphatic heterocycles. The highest BCUT2D eigenvalue weighted by Gasteiger charge is 2.17. The largest absolute Gasteiger partial charge is 0.399 e. The summed E-state index contributed by atoms with van der Waals surface area (Å²) in [6.07, 6.45) is 33.3. The van der Waals surface area contributed by atoms with Crippen LogP contribution in [0.2, 0.25) is 0 Å². The maximum Gasteiger partial charge on any atom is 0.0314 e. The number of benzene rings is 4. The van der Waals surface area contributed by atoms with E-state index in [1.807, 2.05) is 0 Å². The van der Waals surface area contributed by atoms with Crippen molar-refractivity contribution in [2.75, 3.05) is 11.5 Å². The molecule has 0 amide bonds. The van der Waals surface area contributed by atoms with Crippen molar-refractivity contribution in [2.24, 2.45) is 5.92 Å². The van der Waals surface area contributed by atoms with Crippen LogP contribution in [-0.2, 0) is 12.8 Å². The van der Waals surface area contributed by atoms with Gasteiger partial charge in [0.25, 0.3) is 0 Å². The Morgan fingerprint density at radius 2 is 0.596 bits per heavy atom. The Morgan fingerprint density at radius 1 is 0.333 bits per heavy atom. The summed E-state index contributed by atoms with van der Waals surface area (Å²) in [6.45, 7) is 6.96. The molecule has 0 fully saturated rings. The summed E-state index contributed by atoms with van der Waals surface area (Å²) >= 11 is 0. The highest BCUT2D eigenvalue weighted by Crippen LogP contribution is 2.33. The minimum Gasteiger partial charge on any atom is -0.399 e. The van der Waals surface area contributed by atoms with Crippen molar-refractivity contribution in [3.05, 3.63) is 130 Å². The third-order valence-electron chi connectivity index (χ3n) is 12.8. The van der Waals surface area contributed by atoms with Crippen molar-refractivity contribution in [2.45, 2.75) is 193 Å². The number of rotatable bonds is 31. The first-order valence-corrected chi connectivity index (χ1v) is 23.9. The fraction of sp³-hybridized carbons (Fsp3) is 0.564. The Hall–Kier alpha value is -3.52. The molecule has 4 aromatic carbocycles. The Balaban J connectivity index is 1.29. The van der Waals surface area contributed by atoms with Crippen molar-refractivity contribution >= 4 is 11.4 Å². The van der Waals surface area contributed by atoms with Gasteiger partial charge < -0.3 is 11.5 Å². The zero-order chi connectivity index (χ0) is 40.3. The van der Waals surface area contributed by atoms with E-state index < -0.39 is 0 Å². The molecule has 0 aliphatic carbocycles. The topological polar surface area (TPSA) is 52.0 Å². The number of nitrogen functional groups attached to an aromatic ring is 2. The molecule has 0 saturated carbocycles. The molecular formula is C55H82N2. The van der Waals surface area contributed by atoms with Gasteiger partial charge in [-0.15, -0.1) is 0 Å². The summed E-state index contributed by atoms with van der Waals surface area (Å²) in [5.41, 5.74) is 22.5. The molecule has 0 saturated heterocycles. The van der Waals surface area contributed by atoms with Gasteiger partial charge in [-0.2, -0.15) is 0 Å². The lowest BCUT2D eigenvalue weighted by Crippen LogP contribution is -2.08. The fourth-order valence-corrected chi connectivity index (χ4v) is 8.98. The van der Waals surface area contributed by atoms with Gasteiger partial charge >= 0.3 is 0 Å². The number of nitrogens with two attached hydrogens (primary N) is 2. The van der Waals surface area contributed by atoms with Crippen molar-refractivity contribution in [1.82, 2.24) is 0 Å². The molecule has 0 aromatic heterocycles. The lowest BCUT2D eigenvalue weighted by molar-refractivity contribution is 0.504. The summed E-state index contributed by atoms with van der Waals surface area (Å²) in [7, 11) is 0. The van der Waals surface area contributed by atoms with Crippen molar-refractivity contribution in [1.29, 1.82) is 0 Å². The quantitative estimate of drug-likeness (QED) is 0.0395. The predicted molar refractivity (Wildman–Crippen MR) is 252 cm³/mol. The van der Waals surface area contributed by atoms with Gasteiger partial charge in [0.1, 0.15) is 0 Å². The second-order valence-corrected chi connectivity index (χ2v) is 17.5. The lowest BCUT2D eigenvalue weighted by atomic mass is 9.84. The summed E-state index contributed by atoms with van der Waals surface area (Å²) in [6, 6.07) is 36.6. The third-order valence-corrected chi connectivity index (χ3v) is 12.8. The molecule has 0 radical (unpaired) electrons. The van der Waals surface area contributed by atoms with Crippen molar-refractivity contribution in [3.63, 3.8) is 0 Å². The average Bonchev–Trinajstić information content (AvgIpc) is 3.23. The molecule has 2 nitrogen and oxygen atoms in total. The molecule has 4 rings (SSSR count). The predicted octanol–water partition coefficient (Wildman–Crippen LogP) is 16.5. The minimum atomic E-state index is 0.427. The molecule has 2 atom stereocenters. The zero-order valence-electron chi connectivity index (χ0n) is 36.8. The fourth-order valence-electron chi connectivity index (χ4n) is 8.98. The average molecular weight is 771 g/mol. The van der Waals surface area contributed by atoms with Crippen LogP contribution in [0.1, 0.15) is 214 Å². The number of unbranched alkanes of at least 4 members (excludes halogenated alkanes) is 18. The molecule has 57 heavy (non-hydrogen) atoms. The van der Waals surface area contributed by atoms with Gasteiger partial charge in [-0.3, -0.25) is 0 Å². The number of hydrogen-bond donors (Lipinski definition) is 2. The van der Waals surface area contributed by atoms with Gasteiger partial charge in [0.05, 0.1) is 0 Å². The van der Waals surface area contributed by atoms with Crippen LogP contribution in [0.5, 0.6) is 0 Å². The van der Waals surface area contributed by atoms with E-state index in [2.05, 4.69) is 118 Å². The van der Waals surface area contributed by atoms with Gasteiger partial charge in [-0.05, 0) is 89.2 Å². The van der Waals surface area contributed by atoms with E-state index in [0.717, 1.165) is 24.2 Å². The normalized spacial score (nSPS) is 13.1. The van der Waals surface area contributed by atoms with Gasteiger partial charge in [-0.25, -0.2) is 0 Å². The van der Waals surface area contributed by atoms with E-state index in [9.17, 15) is 0 Å². The second kappa shape index (κ2) is 28.0. The number of anilines is 2. The highest BCUT2D eigenvalue weighted by molar-refractivity contribution is 5.44. The number of hydrogen-bond acceptors (Lipinski definition) is 2. The van der Waals surface area contributed by atoms with E-state index in [1.165, 1.54) is 181 Å². The van der Waals surface area contributed by atoms with Gasteiger partial charge in [0.2, 0.25) is 0 Å². The summed E-state index contributed by atoms with van der Waals surface area (Å²) in [5, 5.41) is 0. The first-order valence-electron chi connectivity index (χ1n) is 23.9. The van der Waals surface area contributed by atoms with Gasteiger partial charge in [0.15, 0.2) is 0 Å². The standard InChI is InChI=1S/C55H82N2/c1-4-7-9-11-13-15-17-19-21-23-25-54(50-35-39-52(56)40-36-50)48-31-27-46(28-32-48)43-45(6-3)44-47-29-33-49(34-30-47)55(51-37-41-53(57)42-38-51)26-24-22-20-18-16-14-12-10-8-5-2/h27-42,45,54-55H,4-26,43-44,56-57H2,1-3H3. The Morgan fingerprint density at radius 3 is 0.877 bits per heavy atom. The van der Waals surface area contributed by atoms with E-state index in [0.29, 0.717) is 17.8 Å². The Kier molecular flexibility index (Phi) is 22.7. The molecule has 0 heterocycles. The monoisotopic (exact) mass is 771 g/mol. The van der Waals surface area contributed by atoms with Crippen LogP contribution in [0.4, 0.5) is 11.4 Å². The van der Waals surface area contributed by atoms with Crippen LogP contribution in [0.3, 0.4) is 0 Å². The zero-order valence-corrected chi connectivity index (χ0v) is 36.8. The Bertz CT molecular complexity index is 1430. The summed E-state index contributed by atoms with van der Waals surface area (Å²) < 4.78 is 0. The van der Waals surface area contributed by atoms with Crippen LogP contribution in [0.25, 0.3) is 0 Å². The first kappa shape index (κ1) is 46.2. The van der Waals surface area contributed by atoms with Crippen LogP contribution in [0, 0.1) is 5.92 Å². The second-order valence-electron chi connectivity index (χ2n) is 17.5. The van der Waals surface area contributed by atoms with Gasteiger partial charge in [0, 0.05) is 23.2 Å². The van der Waals surface area contributed by atoms with Crippen LogP contribution < -0.4 is 11.5 Å². The molecule has 0 bridgehead atoms. The van der Waals surface area contributed by atoms with E-state index >= 15 is 0 Å². The molecule has 2 heteroatoms. The lowest BCUT2D eigenvalue weighted by Gasteiger charge is -2.21. The molecule has 312 valence electrons. The maximum atomic E-state index is 6.10. The molecule has 4 aromatic rings. The first-order chi connectivity index (χ1) is 28.0. The maximum absolute atomic E-state index is 6.10.